The van der Waals surface area contributed by atoms with E-state index in [1.807, 2.05) is 49.4 Å². The number of carbonyl (C=O) groups excluding carboxylic acids is 1. The van der Waals surface area contributed by atoms with Gasteiger partial charge in [0, 0.05) is 5.39 Å². The lowest BCUT2D eigenvalue weighted by molar-refractivity contribution is -0.147. The normalized spacial score (nSPS) is 10.7. The number of carbonyl (C=O) groups is 1. The Bertz CT molecular complexity index is 1290. The van der Waals surface area contributed by atoms with Crippen molar-refractivity contribution < 1.29 is 23.4 Å². The van der Waals surface area contributed by atoms with Gasteiger partial charge in [0.25, 0.3) is 0 Å². The molecule has 6 heteroatoms. The molecule has 0 radical (unpaired) electrons. The van der Waals surface area contributed by atoms with Crippen LogP contribution in [0, 0.1) is 6.92 Å². The van der Waals surface area contributed by atoms with E-state index in [2.05, 4.69) is 0 Å². The summed E-state index contributed by atoms with van der Waals surface area (Å²) in [6, 6.07) is 21.7. The third kappa shape index (κ3) is 4.64. The van der Waals surface area contributed by atoms with E-state index >= 15 is 0 Å². The smallest absolute Gasteiger partial charge is 0.344 e. The molecular weight excluding hydrogens is 408 g/mol. The molecule has 162 valence electrons. The largest absolute Gasteiger partial charge is 0.497 e. The van der Waals surface area contributed by atoms with Crippen LogP contribution in [0.3, 0.4) is 0 Å². The van der Waals surface area contributed by atoms with Crippen LogP contribution in [-0.2, 0) is 16.1 Å². The molecule has 1 heterocycles. The zero-order valence-corrected chi connectivity index (χ0v) is 17.8. The van der Waals surface area contributed by atoms with Crippen molar-refractivity contribution in [1.82, 2.24) is 0 Å². The molecule has 1 aromatic heterocycles. The summed E-state index contributed by atoms with van der Waals surface area (Å²) < 4.78 is 21.6. The number of hydrogen-bond donors (Lipinski definition) is 0. The Morgan fingerprint density at radius 1 is 0.938 bits per heavy atom. The summed E-state index contributed by atoms with van der Waals surface area (Å²) in [5, 5.41) is 0.727. The maximum atomic E-state index is 12.6. The molecule has 0 saturated carbocycles. The summed E-state index contributed by atoms with van der Waals surface area (Å²) in [6.45, 7) is 1.83. The third-order valence-electron chi connectivity index (χ3n) is 5.11. The van der Waals surface area contributed by atoms with Crippen LogP contribution < -0.4 is 15.1 Å². The van der Waals surface area contributed by atoms with Gasteiger partial charge < -0.3 is 18.6 Å². The van der Waals surface area contributed by atoms with Crippen LogP contribution in [0.4, 0.5) is 0 Å². The minimum absolute atomic E-state index is 0.191. The predicted molar refractivity (Wildman–Crippen MR) is 121 cm³/mol. The second-order valence-electron chi connectivity index (χ2n) is 7.21. The number of hydrogen-bond acceptors (Lipinski definition) is 6. The highest BCUT2D eigenvalue weighted by Gasteiger charge is 2.15. The number of methoxy groups -OCH3 is 1. The zero-order valence-electron chi connectivity index (χ0n) is 17.8. The number of rotatable bonds is 7. The standard InChI is InChI=1S/C26H22O6/c1-17-22-14-21(30-16-24(27)31-15-18-6-4-3-5-7-18)12-13-23(22)32-26(28)25(17)19-8-10-20(29-2)11-9-19/h3-14H,15-16H2,1-2H3. The van der Waals surface area contributed by atoms with Crippen LogP contribution in [0.1, 0.15) is 11.1 Å². The molecule has 0 saturated heterocycles. The van der Waals surface area contributed by atoms with Crippen molar-refractivity contribution in [2.75, 3.05) is 13.7 Å². The monoisotopic (exact) mass is 430 g/mol. The first-order chi connectivity index (χ1) is 15.5. The highest BCUT2D eigenvalue weighted by molar-refractivity contribution is 5.87. The van der Waals surface area contributed by atoms with E-state index in [1.165, 1.54) is 0 Å². The number of benzene rings is 3. The molecule has 0 spiro atoms. The van der Waals surface area contributed by atoms with Gasteiger partial charge in [0.1, 0.15) is 23.7 Å². The number of ether oxygens (including phenoxy) is 3. The van der Waals surface area contributed by atoms with Crippen molar-refractivity contribution in [1.29, 1.82) is 0 Å². The topological polar surface area (TPSA) is 75.0 Å². The summed E-state index contributed by atoms with van der Waals surface area (Å²) in [4.78, 5) is 24.6. The number of fused-ring (bicyclic) bond motifs is 1. The molecule has 0 aliphatic carbocycles. The quantitative estimate of drug-likeness (QED) is 0.307. The predicted octanol–water partition coefficient (Wildman–Crippen LogP) is 4.90. The van der Waals surface area contributed by atoms with Crippen molar-refractivity contribution in [2.24, 2.45) is 0 Å². The van der Waals surface area contributed by atoms with Gasteiger partial charge in [-0.25, -0.2) is 9.59 Å². The maximum Gasteiger partial charge on any atom is 0.344 e. The number of esters is 1. The summed E-state index contributed by atoms with van der Waals surface area (Å²) >= 11 is 0. The van der Waals surface area contributed by atoms with Crippen LogP contribution in [0.25, 0.3) is 22.1 Å². The van der Waals surface area contributed by atoms with Crippen molar-refractivity contribution in [3.05, 3.63) is 94.3 Å². The lowest BCUT2D eigenvalue weighted by Crippen LogP contribution is -2.14. The zero-order chi connectivity index (χ0) is 22.5. The van der Waals surface area contributed by atoms with Crippen LogP contribution >= 0.6 is 0 Å². The lowest BCUT2D eigenvalue weighted by atomic mass is 9.99. The minimum atomic E-state index is -0.468. The van der Waals surface area contributed by atoms with E-state index in [-0.39, 0.29) is 13.2 Å². The van der Waals surface area contributed by atoms with Gasteiger partial charge in [-0.1, -0.05) is 42.5 Å². The molecule has 0 amide bonds. The Kier molecular flexibility index (Phi) is 6.22. The second kappa shape index (κ2) is 9.39. The second-order valence-corrected chi connectivity index (χ2v) is 7.21. The Labute approximate surface area is 185 Å². The van der Waals surface area contributed by atoms with Crippen LogP contribution in [0.15, 0.2) is 82.0 Å². The maximum absolute atomic E-state index is 12.6. The van der Waals surface area contributed by atoms with Gasteiger partial charge >= 0.3 is 11.6 Å². The highest BCUT2D eigenvalue weighted by Crippen LogP contribution is 2.30. The lowest BCUT2D eigenvalue weighted by Gasteiger charge is -2.11. The summed E-state index contributed by atoms with van der Waals surface area (Å²) in [5.74, 6) is 0.711. The molecule has 0 unspecified atom stereocenters. The van der Waals surface area contributed by atoms with E-state index < -0.39 is 11.6 Å². The fraction of sp³-hybridized carbons (Fsp3) is 0.154. The van der Waals surface area contributed by atoms with Gasteiger partial charge in [0.15, 0.2) is 6.61 Å². The Morgan fingerprint density at radius 3 is 2.38 bits per heavy atom. The summed E-state index contributed by atoms with van der Waals surface area (Å²) in [6.07, 6.45) is 0. The van der Waals surface area contributed by atoms with Crippen LogP contribution in [-0.4, -0.2) is 19.7 Å². The molecule has 0 fully saturated rings. The molecule has 0 atom stereocenters. The van der Waals surface area contributed by atoms with Gasteiger partial charge in [0.05, 0.1) is 12.7 Å². The van der Waals surface area contributed by atoms with Crippen molar-refractivity contribution in [2.45, 2.75) is 13.5 Å². The van der Waals surface area contributed by atoms with E-state index in [9.17, 15) is 9.59 Å². The fourth-order valence-electron chi connectivity index (χ4n) is 3.43. The Morgan fingerprint density at radius 2 is 1.66 bits per heavy atom. The van der Waals surface area contributed by atoms with Gasteiger partial charge in [-0.15, -0.1) is 0 Å². The van der Waals surface area contributed by atoms with E-state index in [4.69, 9.17) is 18.6 Å². The van der Waals surface area contributed by atoms with E-state index in [1.54, 1.807) is 37.4 Å². The molecule has 0 aliphatic heterocycles. The average molecular weight is 430 g/mol. The van der Waals surface area contributed by atoms with Gasteiger partial charge in [-0.2, -0.15) is 0 Å². The molecule has 0 N–H and O–H groups in total. The Hall–Kier alpha value is -4.06. The van der Waals surface area contributed by atoms with Crippen molar-refractivity contribution in [3.8, 4) is 22.6 Å². The van der Waals surface area contributed by atoms with Gasteiger partial charge in [-0.05, 0) is 53.9 Å². The van der Waals surface area contributed by atoms with Gasteiger partial charge in [0.2, 0.25) is 0 Å². The van der Waals surface area contributed by atoms with Crippen molar-refractivity contribution >= 4 is 16.9 Å². The molecule has 32 heavy (non-hydrogen) atoms. The highest BCUT2D eigenvalue weighted by atomic mass is 16.6. The summed E-state index contributed by atoms with van der Waals surface area (Å²) in [5.41, 5.74) is 2.90. The fourth-order valence-corrected chi connectivity index (χ4v) is 3.43. The SMILES string of the molecule is COc1ccc(-c2c(C)c3cc(OCC(=O)OCc4ccccc4)ccc3oc2=O)cc1. The van der Waals surface area contributed by atoms with E-state index in [0.717, 1.165) is 22.1 Å². The first-order valence-electron chi connectivity index (χ1n) is 10.1. The molecular formula is C26H22O6. The van der Waals surface area contributed by atoms with Crippen LogP contribution in [0.2, 0.25) is 0 Å². The van der Waals surface area contributed by atoms with Gasteiger partial charge in [-0.3, -0.25) is 0 Å². The summed E-state index contributed by atoms with van der Waals surface area (Å²) in [7, 11) is 1.59. The molecule has 3 aromatic carbocycles. The first-order valence-corrected chi connectivity index (χ1v) is 10.1. The van der Waals surface area contributed by atoms with E-state index in [0.29, 0.717) is 22.6 Å². The molecule has 0 aliphatic rings. The first kappa shape index (κ1) is 21.2. The molecule has 0 bridgehead atoms. The number of aryl methyl sites for hydroxylation is 1. The van der Waals surface area contributed by atoms with Crippen LogP contribution in [0.5, 0.6) is 11.5 Å². The Balaban J connectivity index is 1.52. The average Bonchev–Trinajstić information content (AvgIpc) is 2.82. The van der Waals surface area contributed by atoms with Crippen molar-refractivity contribution in [3.63, 3.8) is 0 Å². The molecule has 4 rings (SSSR count). The molecule has 4 aromatic rings. The third-order valence-corrected chi connectivity index (χ3v) is 5.11. The molecule has 6 nitrogen and oxygen atoms in total. The minimum Gasteiger partial charge on any atom is -0.497 e.